The molecule has 0 aromatic heterocycles. The lowest BCUT2D eigenvalue weighted by Gasteiger charge is -2.33. The summed E-state index contributed by atoms with van der Waals surface area (Å²) in [6.07, 6.45) is -1.31. The van der Waals surface area contributed by atoms with Crippen LogP contribution in [0.15, 0.2) is 54.6 Å². The number of ether oxygens (including phenoxy) is 3. The third-order valence-electron chi connectivity index (χ3n) is 5.93. The maximum atomic E-state index is 13.6. The highest BCUT2D eigenvalue weighted by Crippen LogP contribution is 2.26. The number of hydrogen-bond acceptors (Lipinski definition) is 8. The fourth-order valence-electron chi connectivity index (χ4n) is 4.06. The number of esters is 1. The van der Waals surface area contributed by atoms with Crippen molar-refractivity contribution in [1.29, 1.82) is 0 Å². The molecule has 0 aliphatic carbocycles. The zero-order valence-corrected chi connectivity index (χ0v) is 25.9. The second-order valence-corrected chi connectivity index (χ2v) is 12.4. The van der Waals surface area contributed by atoms with Crippen molar-refractivity contribution in [3.63, 3.8) is 0 Å². The van der Waals surface area contributed by atoms with E-state index in [2.05, 4.69) is 10.6 Å². The van der Waals surface area contributed by atoms with E-state index in [0.29, 0.717) is 11.5 Å². The van der Waals surface area contributed by atoms with E-state index in [4.69, 9.17) is 14.2 Å². The Kier molecular flexibility index (Phi) is 13.2. The molecule has 2 aromatic carbocycles. The van der Waals surface area contributed by atoms with Crippen molar-refractivity contribution < 1.29 is 38.5 Å². The van der Waals surface area contributed by atoms with E-state index in [-0.39, 0.29) is 24.7 Å². The number of carboxylic acid groups (broad SMARTS) is 1. The van der Waals surface area contributed by atoms with Crippen LogP contribution < -0.4 is 15.4 Å². The zero-order valence-electron chi connectivity index (χ0n) is 25.1. The molecule has 230 valence electrons. The lowest BCUT2D eigenvalue weighted by molar-refractivity contribution is -0.149. The first-order chi connectivity index (χ1) is 19.7. The maximum absolute atomic E-state index is 13.6. The number of amides is 2. The van der Waals surface area contributed by atoms with Crippen LogP contribution in [0.2, 0.25) is 0 Å². The van der Waals surface area contributed by atoms with E-state index in [1.165, 1.54) is 11.8 Å². The molecule has 0 aliphatic rings. The Morgan fingerprint density at radius 2 is 1.60 bits per heavy atom. The van der Waals surface area contributed by atoms with Crippen molar-refractivity contribution in [2.75, 3.05) is 12.9 Å². The lowest BCUT2D eigenvalue weighted by atomic mass is 9.90. The maximum Gasteiger partial charge on any atom is 0.408 e. The predicted octanol–water partition coefficient (Wildman–Crippen LogP) is 4.94. The molecule has 0 saturated heterocycles. The summed E-state index contributed by atoms with van der Waals surface area (Å²) in [6, 6.07) is 15.0. The summed E-state index contributed by atoms with van der Waals surface area (Å²) in [5.41, 5.74) is -0.812. The molecule has 2 amide bonds. The van der Waals surface area contributed by atoms with E-state index < -0.39 is 47.5 Å². The van der Waals surface area contributed by atoms with Crippen LogP contribution in [0.25, 0.3) is 0 Å². The van der Waals surface area contributed by atoms with Gasteiger partial charge in [-0.2, -0.15) is 11.8 Å². The van der Waals surface area contributed by atoms with Crippen LogP contribution in [0.5, 0.6) is 5.75 Å². The molecule has 0 bridgehead atoms. The minimum absolute atomic E-state index is 0.0190. The van der Waals surface area contributed by atoms with Crippen LogP contribution in [0.3, 0.4) is 0 Å². The molecule has 3 N–H and O–H groups in total. The summed E-state index contributed by atoms with van der Waals surface area (Å²) in [5, 5.41) is 15.4. The SMILES string of the molecule is COc1ccc(CSC[C@](CC(C)C)(NC(=O)[C@H](CC(=O)OCc2ccccc2)NC(=O)OC(C)(C)C)C(=O)O)cc1. The van der Waals surface area contributed by atoms with Crippen molar-refractivity contribution in [2.24, 2.45) is 5.92 Å². The normalized spacial score (nSPS) is 13.4. The summed E-state index contributed by atoms with van der Waals surface area (Å²) < 4.78 is 15.8. The Labute approximate surface area is 251 Å². The fourth-order valence-corrected chi connectivity index (χ4v) is 5.25. The van der Waals surface area contributed by atoms with Crippen LogP contribution in [0.1, 0.15) is 58.6 Å². The number of rotatable bonds is 15. The number of carbonyl (C=O) groups is 4. The van der Waals surface area contributed by atoms with Gasteiger partial charge in [-0.3, -0.25) is 9.59 Å². The number of alkyl carbamates (subject to hydrolysis) is 1. The molecule has 2 atom stereocenters. The highest BCUT2D eigenvalue weighted by Gasteiger charge is 2.42. The van der Waals surface area contributed by atoms with Gasteiger partial charge in [0, 0.05) is 11.5 Å². The summed E-state index contributed by atoms with van der Waals surface area (Å²) in [6.45, 7) is 8.68. The topological polar surface area (TPSA) is 140 Å². The molecule has 2 aromatic rings. The van der Waals surface area contributed by atoms with Gasteiger partial charge < -0.3 is 30.0 Å². The van der Waals surface area contributed by atoms with Crippen LogP contribution in [0, 0.1) is 5.92 Å². The van der Waals surface area contributed by atoms with Gasteiger partial charge in [0.15, 0.2) is 0 Å². The molecule has 0 aliphatic heterocycles. The molecule has 0 heterocycles. The summed E-state index contributed by atoms with van der Waals surface area (Å²) >= 11 is 1.35. The monoisotopic (exact) mass is 602 g/mol. The molecular formula is C31H42N2O8S. The fraction of sp³-hybridized carbons (Fsp3) is 0.484. The number of carboxylic acids is 1. The third-order valence-corrected chi connectivity index (χ3v) is 7.16. The molecule has 11 heteroatoms. The van der Waals surface area contributed by atoms with Crippen molar-refractivity contribution in [2.45, 2.75) is 77.0 Å². The molecular weight excluding hydrogens is 560 g/mol. The molecule has 0 radical (unpaired) electrons. The van der Waals surface area contributed by atoms with Gasteiger partial charge in [-0.25, -0.2) is 9.59 Å². The number of nitrogens with one attached hydrogen (secondary N) is 2. The summed E-state index contributed by atoms with van der Waals surface area (Å²) in [5.74, 6) is -1.61. The number of benzene rings is 2. The Balaban J connectivity index is 2.22. The standard InChI is InChI=1S/C31H42N2O8S/c1-21(2)17-31(28(36)37,20-42-19-23-12-14-24(39-6)15-13-23)33-27(35)25(32-29(38)41-30(3,4)5)16-26(34)40-18-22-10-8-7-9-11-22/h7-15,21,25H,16-20H2,1-6H3,(H,32,38)(H,33,35)(H,36,37)/t25-,31-/m0/s1. The van der Waals surface area contributed by atoms with Gasteiger partial charge in [0.1, 0.15) is 29.5 Å². The Morgan fingerprint density at radius 1 is 0.952 bits per heavy atom. The quantitative estimate of drug-likeness (QED) is 0.242. The van der Waals surface area contributed by atoms with E-state index >= 15 is 0 Å². The largest absolute Gasteiger partial charge is 0.497 e. The van der Waals surface area contributed by atoms with Crippen LogP contribution in [-0.2, 0) is 36.2 Å². The van der Waals surface area contributed by atoms with Gasteiger partial charge in [0.05, 0.1) is 13.5 Å². The second kappa shape index (κ2) is 16.1. The summed E-state index contributed by atoms with van der Waals surface area (Å²) in [4.78, 5) is 51.6. The molecule has 0 fully saturated rings. The predicted molar refractivity (Wildman–Crippen MR) is 161 cm³/mol. The summed E-state index contributed by atoms with van der Waals surface area (Å²) in [7, 11) is 1.58. The minimum atomic E-state index is -1.66. The van der Waals surface area contributed by atoms with Gasteiger partial charge in [-0.15, -0.1) is 0 Å². The van der Waals surface area contributed by atoms with Gasteiger partial charge in [0.2, 0.25) is 5.91 Å². The molecule has 42 heavy (non-hydrogen) atoms. The van der Waals surface area contributed by atoms with Crippen molar-refractivity contribution in [3.8, 4) is 5.75 Å². The average Bonchev–Trinajstić information content (AvgIpc) is 2.91. The lowest BCUT2D eigenvalue weighted by Crippen LogP contribution is -2.61. The average molecular weight is 603 g/mol. The van der Waals surface area contributed by atoms with E-state index in [1.54, 1.807) is 52.1 Å². The van der Waals surface area contributed by atoms with Crippen LogP contribution in [0.4, 0.5) is 4.79 Å². The first kappa shape index (κ1) is 34.5. The molecule has 0 spiro atoms. The first-order valence-electron chi connectivity index (χ1n) is 13.7. The van der Waals surface area contributed by atoms with Crippen molar-refractivity contribution >= 4 is 35.7 Å². The van der Waals surface area contributed by atoms with E-state index in [9.17, 15) is 24.3 Å². The van der Waals surface area contributed by atoms with Gasteiger partial charge in [-0.1, -0.05) is 56.3 Å². The molecule has 10 nitrogen and oxygen atoms in total. The van der Waals surface area contributed by atoms with E-state index in [0.717, 1.165) is 11.1 Å². The minimum Gasteiger partial charge on any atom is -0.497 e. The van der Waals surface area contributed by atoms with Gasteiger partial charge >= 0.3 is 18.0 Å². The molecule has 2 rings (SSSR count). The van der Waals surface area contributed by atoms with Crippen LogP contribution >= 0.6 is 11.8 Å². The highest BCUT2D eigenvalue weighted by molar-refractivity contribution is 7.98. The second-order valence-electron chi connectivity index (χ2n) is 11.4. The first-order valence-corrected chi connectivity index (χ1v) is 14.8. The number of methoxy groups -OCH3 is 1. The number of aliphatic carboxylic acids is 1. The molecule has 0 saturated carbocycles. The highest BCUT2D eigenvalue weighted by atomic mass is 32.2. The van der Waals surface area contributed by atoms with Gasteiger partial charge in [0.25, 0.3) is 0 Å². The van der Waals surface area contributed by atoms with Gasteiger partial charge in [-0.05, 0) is 56.4 Å². The molecule has 0 unspecified atom stereocenters. The number of carbonyl (C=O) groups excluding carboxylic acids is 3. The van der Waals surface area contributed by atoms with Crippen LogP contribution in [-0.4, -0.2) is 59.1 Å². The van der Waals surface area contributed by atoms with E-state index in [1.807, 2.05) is 44.2 Å². The number of hydrogen-bond donors (Lipinski definition) is 3. The Bertz CT molecular complexity index is 1180. The Morgan fingerprint density at radius 3 is 2.14 bits per heavy atom. The van der Waals surface area contributed by atoms with Crippen molar-refractivity contribution in [1.82, 2.24) is 10.6 Å². The Hall–Kier alpha value is -3.73. The number of thioether (sulfide) groups is 1. The third kappa shape index (κ3) is 12.0. The smallest absolute Gasteiger partial charge is 0.408 e. The van der Waals surface area contributed by atoms with Crippen molar-refractivity contribution in [3.05, 3.63) is 65.7 Å². The zero-order chi connectivity index (χ0) is 31.3.